The van der Waals surface area contributed by atoms with E-state index in [4.69, 9.17) is 4.74 Å². The van der Waals surface area contributed by atoms with Crippen molar-refractivity contribution in [3.8, 4) is 0 Å². The molecule has 1 aromatic heterocycles. The number of hydrogen-bond acceptors (Lipinski definition) is 9. The highest BCUT2D eigenvalue weighted by Crippen LogP contribution is 2.20. The summed E-state index contributed by atoms with van der Waals surface area (Å²) in [5, 5.41) is 8.09. The van der Waals surface area contributed by atoms with Crippen molar-refractivity contribution >= 4 is 52.3 Å². The van der Waals surface area contributed by atoms with Gasteiger partial charge in [0.25, 0.3) is 11.8 Å². The largest absolute Gasteiger partial charge is 0.456 e. The molecule has 0 fully saturated rings. The van der Waals surface area contributed by atoms with Gasteiger partial charge in [0.05, 0.1) is 18.7 Å². The molecule has 0 radical (unpaired) electrons. The van der Waals surface area contributed by atoms with Gasteiger partial charge in [0.2, 0.25) is 5.91 Å². The highest BCUT2D eigenvalue weighted by Gasteiger charge is 2.30. The topological polar surface area (TPSA) is 144 Å². The quantitative estimate of drug-likeness (QED) is 0.153. The lowest BCUT2D eigenvalue weighted by Gasteiger charge is -2.24. The summed E-state index contributed by atoms with van der Waals surface area (Å²) in [5.41, 5.74) is 1.12. The number of cyclic esters (lactones) is 1. The number of rotatable bonds is 6. The summed E-state index contributed by atoms with van der Waals surface area (Å²) in [5.74, 6) is -2.10. The van der Waals surface area contributed by atoms with E-state index < -0.39 is 29.9 Å². The third kappa shape index (κ3) is 10.2. The molecule has 2 atom stereocenters. The third-order valence-electron chi connectivity index (χ3n) is 5.59. The minimum Gasteiger partial charge on any atom is -0.456 e. The van der Waals surface area contributed by atoms with E-state index in [0.717, 1.165) is 0 Å². The Morgan fingerprint density at radius 3 is 2.49 bits per heavy atom. The van der Waals surface area contributed by atoms with Crippen LogP contribution in [-0.4, -0.2) is 57.9 Å². The number of aromatic nitrogens is 1. The fourth-order valence-corrected chi connectivity index (χ4v) is 4.62. The van der Waals surface area contributed by atoms with Crippen LogP contribution in [0.4, 0.5) is 0 Å². The normalized spacial score (nSPS) is 19.4. The summed E-state index contributed by atoms with van der Waals surface area (Å²) < 4.78 is 5.67. The summed E-state index contributed by atoms with van der Waals surface area (Å²) in [6.07, 6.45) is 4.68. The number of nitrogens with one attached hydrogen (secondary N) is 3. The average molecular weight is 577 g/mol. The number of esters is 1. The number of thioether (sulfide) groups is 2. The smallest absolute Gasteiger partial charge is 0.329 e. The number of carbonyl (C=O) groups is 5. The first-order valence-electron chi connectivity index (χ1n) is 12.5. The Bertz CT molecular complexity index is 1160. The van der Waals surface area contributed by atoms with E-state index >= 15 is 0 Å². The van der Waals surface area contributed by atoms with Crippen LogP contribution in [0.25, 0.3) is 0 Å². The molecule has 0 spiro atoms. The van der Waals surface area contributed by atoms with Gasteiger partial charge in [-0.1, -0.05) is 31.7 Å². The molecule has 212 valence electrons. The summed E-state index contributed by atoms with van der Waals surface area (Å²) >= 11 is 2.51. The zero-order valence-corrected chi connectivity index (χ0v) is 24.7. The van der Waals surface area contributed by atoms with E-state index in [9.17, 15) is 24.0 Å². The molecule has 1 aliphatic rings. The van der Waals surface area contributed by atoms with Crippen LogP contribution in [0.5, 0.6) is 0 Å². The molecule has 0 aromatic carbocycles. The van der Waals surface area contributed by atoms with Crippen LogP contribution in [0.1, 0.15) is 63.6 Å². The summed E-state index contributed by atoms with van der Waals surface area (Å²) in [4.78, 5) is 68.6. The van der Waals surface area contributed by atoms with Gasteiger partial charge < -0.3 is 20.7 Å². The van der Waals surface area contributed by atoms with Gasteiger partial charge in [-0.3, -0.25) is 19.2 Å². The summed E-state index contributed by atoms with van der Waals surface area (Å²) in [6.45, 7) is 8.40. The van der Waals surface area contributed by atoms with Crippen LogP contribution in [0.3, 0.4) is 0 Å². The number of amides is 3. The molecule has 3 N–H and O–H groups in total. The van der Waals surface area contributed by atoms with Gasteiger partial charge in [-0.05, 0) is 56.2 Å². The Morgan fingerprint density at radius 1 is 1.15 bits per heavy atom. The Balaban J connectivity index is 2.45. The van der Waals surface area contributed by atoms with Crippen molar-refractivity contribution in [1.29, 1.82) is 0 Å². The lowest BCUT2D eigenvalue weighted by molar-refractivity contribution is -0.153. The second-order valence-corrected chi connectivity index (χ2v) is 11.5. The van der Waals surface area contributed by atoms with Crippen molar-refractivity contribution < 1.29 is 28.7 Å². The van der Waals surface area contributed by atoms with E-state index in [-0.39, 0.29) is 41.3 Å². The van der Waals surface area contributed by atoms with Gasteiger partial charge >= 0.3 is 5.97 Å². The molecule has 2 rings (SSSR count). The maximum atomic E-state index is 13.2. The van der Waals surface area contributed by atoms with Crippen molar-refractivity contribution in [3.63, 3.8) is 0 Å². The Hall–Kier alpha value is -3.12. The predicted octanol–water partition coefficient (Wildman–Crippen LogP) is 3.13. The first kappa shape index (κ1) is 32.1. The van der Waals surface area contributed by atoms with E-state index in [1.54, 1.807) is 58.2 Å². The molecule has 0 saturated carbocycles. The number of nitrogens with zero attached hydrogens (tertiary/aromatic N) is 1. The van der Waals surface area contributed by atoms with E-state index in [2.05, 4.69) is 20.9 Å². The maximum absolute atomic E-state index is 13.2. The molecular formula is C27H36N4O6S2. The van der Waals surface area contributed by atoms with Crippen molar-refractivity contribution in [2.24, 2.45) is 5.92 Å². The lowest BCUT2D eigenvalue weighted by atomic mass is 10.0. The maximum Gasteiger partial charge on any atom is 0.329 e. The molecule has 39 heavy (non-hydrogen) atoms. The minimum atomic E-state index is -1.04. The van der Waals surface area contributed by atoms with Crippen LogP contribution in [-0.2, 0) is 30.5 Å². The highest BCUT2D eigenvalue weighted by molar-refractivity contribution is 8.13. The SMILES string of the molecule is CSc1ccc2nc1C(=O)NC(=C(C)C)C(=O)N[C@@H](C(C)C)C(=O)O[C@H](/C=C/CCSC(C)=O)CC(=O)NC2. The summed E-state index contributed by atoms with van der Waals surface area (Å²) in [7, 11) is 0. The Labute approximate surface area is 237 Å². The van der Waals surface area contributed by atoms with Gasteiger partial charge in [-0.15, -0.1) is 11.8 Å². The summed E-state index contributed by atoms with van der Waals surface area (Å²) in [6, 6.07) is 2.41. The van der Waals surface area contributed by atoms with Crippen LogP contribution < -0.4 is 16.0 Å². The third-order valence-corrected chi connectivity index (χ3v) is 7.20. The van der Waals surface area contributed by atoms with Gasteiger partial charge in [-0.2, -0.15) is 0 Å². The Morgan fingerprint density at radius 2 is 1.87 bits per heavy atom. The van der Waals surface area contributed by atoms with Crippen LogP contribution in [0.2, 0.25) is 0 Å². The minimum absolute atomic E-state index is 0.00341. The van der Waals surface area contributed by atoms with E-state index in [0.29, 0.717) is 28.3 Å². The fraction of sp³-hybridized carbons (Fsp3) is 0.481. The number of hydrogen-bond donors (Lipinski definition) is 3. The number of pyridine rings is 1. The molecule has 2 heterocycles. The molecule has 12 heteroatoms. The number of ether oxygens (including phenoxy) is 1. The molecule has 0 aliphatic carbocycles. The first-order chi connectivity index (χ1) is 18.4. The molecule has 1 aliphatic heterocycles. The zero-order valence-electron chi connectivity index (χ0n) is 23.1. The predicted molar refractivity (Wildman–Crippen MR) is 152 cm³/mol. The monoisotopic (exact) mass is 576 g/mol. The van der Waals surface area contributed by atoms with Crippen LogP contribution in [0, 0.1) is 5.92 Å². The highest BCUT2D eigenvalue weighted by atomic mass is 32.2. The van der Waals surface area contributed by atoms with Gasteiger partial charge in [0.1, 0.15) is 23.5 Å². The van der Waals surface area contributed by atoms with Crippen molar-refractivity contribution in [2.75, 3.05) is 12.0 Å². The lowest BCUT2D eigenvalue weighted by Crippen LogP contribution is -2.49. The molecule has 2 bridgehead atoms. The molecule has 0 unspecified atom stereocenters. The van der Waals surface area contributed by atoms with Crippen molar-refractivity contribution in [2.45, 2.75) is 71.0 Å². The van der Waals surface area contributed by atoms with Gasteiger partial charge in [-0.25, -0.2) is 9.78 Å². The first-order valence-corrected chi connectivity index (χ1v) is 14.7. The van der Waals surface area contributed by atoms with Gasteiger partial charge in [0, 0.05) is 17.6 Å². The van der Waals surface area contributed by atoms with Gasteiger partial charge in [0.15, 0.2) is 5.12 Å². The second-order valence-electron chi connectivity index (χ2n) is 9.39. The van der Waals surface area contributed by atoms with Crippen molar-refractivity contribution in [1.82, 2.24) is 20.9 Å². The zero-order chi connectivity index (χ0) is 29.1. The van der Waals surface area contributed by atoms with Crippen molar-refractivity contribution in [3.05, 3.63) is 46.9 Å². The standard InChI is InChI=1S/C27H36N4O6S2/c1-15(2)22-25(34)31-23(16(3)4)27(36)37-19(9-7-8-12-39-17(5)32)13-21(33)28-14-18-10-11-20(38-6)24(29-18)26(35)30-22/h7,9-11,16,19,23H,8,12-14H2,1-6H3,(H,28,33)(H,30,35)(H,31,34)/b9-7+/t19-,23+/m1/s1. The molecule has 10 nitrogen and oxygen atoms in total. The molecule has 3 amide bonds. The second kappa shape index (κ2) is 15.5. The van der Waals surface area contributed by atoms with Crippen LogP contribution >= 0.6 is 23.5 Å². The number of allylic oxidation sites excluding steroid dienone is 2. The molecule has 0 saturated heterocycles. The average Bonchev–Trinajstić information content (AvgIpc) is 2.87. The van der Waals surface area contributed by atoms with E-state index in [1.807, 2.05) is 0 Å². The number of carbonyl (C=O) groups excluding carboxylic acids is 5. The molecular weight excluding hydrogens is 540 g/mol. The molecule has 1 aromatic rings. The Kier molecular flexibility index (Phi) is 12.7. The van der Waals surface area contributed by atoms with Crippen LogP contribution in [0.15, 0.2) is 40.5 Å². The fourth-order valence-electron chi connectivity index (χ4n) is 3.54. The van der Waals surface area contributed by atoms with E-state index in [1.165, 1.54) is 30.4 Å². The number of fused-ring (bicyclic) bond motifs is 2.